The fourth-order valence-electron chi connectivity index (χ4n) is 1.84. The second kappa shape index (κ2) is 4.99. The van der Waals surface area contributed by atoms with E-state index < -0.39 is 0 Å². The minimum atomic E-state index is 0. The Hall–Kier alpha value is 0.726. The van der Waals surface area contributed by atoms with Crippen LogP contribution in [0.2, 0.25) is 0 Å². The van der Waals surface area contributed by atoms with Gasteiger partial charge in [0.15, 0.2) is 0 Å². The topological polar surface area (TPSA) is 0 Å². The summed E-state index contributed by atoms with van der Waals surface area (Å²) < 4.78 is 1.60. The van der Waals surface area contributed by atoms with E-state index in [-0.39, 0.29) is 26.2 Å². The van der Waals surface area contributed by atoms with Crippen LogP contribution in [0.15, 0.2) is 27.5 Å². The predicted molar refractivity (Wildman–Crippen MR) is 47.5 cm³/mol. The molecule has 0 N–H and O–H groups in total. The average molecular weight is 326 g/mol. The Bertz CT molecular complexity index is 329. The van der Waals surface area contributed by atoms with Crippen molar-refractivity contribution in [2.75, 3.05) is 0 Å². The second-order valence-corrected chi connectivity index (χ2v) is 4.61. The zero-order chi connectivity index (χ0) is 8.55. The van der Waals surface area contributed by atoms with Crippen LogP contribution >= 0.6 is 0 Å². The third-order valence-electron chi connectivity index (χ3n) is 2.47. The van der Waals surface area contributed by atoms with Gasteiger partial charge in [0.25, 0.3) is 0 Å². The summed E-state index contributed by atoms with van der Waals surface area (Å²) in [4.78, 5) is 0. The van der Waals surface area contributed by atoms with Crippen LogP contribution in [0.25, 0.3) is 6.08 Å². The summed E-state index contributed by atoms with van der Waals surface area (Å²) in [7, 11) is 0. The van der Waals surface area contributed by atoms with Crippen molar-refractivity contribution in [3.63, 3.8) is 0 Å². The third-order valence-corrected chi connectivity index (χ3v) is 3.68. The van der Waals surface area contributed by atoms with E-state index in [1.807, 2.05) is 0 Å². The number of rotatable bonds is 1. The maximum atomic E-state index is 2.35. The van der Waals surface area contributed by atoms with Crippen molar-refractivity contribution < 1.29 is 50.9 Å². The minimum absolute atomic E-state index is 0. The molecule has 0 nitrogen and oxygen atoms in total. The van der Waals surface area contributed by atoms with Gasteiger partial charge >= 0.3 is 88.7 Å². The molecule has 0 heterocycles. The Morgan fingerprint density at radius 1 is 1.31 bits per heavy atom. The van der Waals surface area contributed by atoms with Gasteiger partial charge in [0.2, 0.25) is 0 Å². The number of hydrogen-bond acceptors (Lipinski definition) is 0. The van der Waals surface area contributed by atoms with Crippen molar-refractivity contribution in [2.24, 2.45) is 0 Å². The molecule has 0 aromatic heterocycles. The molecule has 1 unspecified atom stereocenters. The molecule has 13 heavy (non-hydrogen) atoms. The molecule has 63 valence electrons. The van der Waals surface area contributed by atoms with Crippen molar-refractivity contribution in [3.05, 3.63) is 38.7 Å². The van der Waals surface area contributed by atoms with Crippen LogP contribution in [0.5, 0.6) is 0 Å². The van der Waals surface area contributed by atoms with Gasteiger partial charge in [-0.05, 0) is 0 Å². The normalized spacial score (nSPS) is 18.8. The van der Waals surface area contributed by atoms with E-state index in [4.69, 9.17) is 0 Å². The molecular weight excluding hydrogens is 315 g/mol. The van der Waals surface area contributed by atoms with Crippen molar-refractivity contribution >= 4 is 6.08 Å². The first-order valence-corrected chi connectivity index (χ1v) is 5.58. The molecule has 2 heteroatoms. The Morgan fingerprint density at radius 3 is 2.69 bits per heavy atom. The molecular formula is C11H11Zr2. The Kier molecular flexibility index (Phi) is 4.53. The zero-order valence-corrected chi connectivity index (χ0v) is 12.6. The van der Waals surface area contributed by atoms with Gasteiger partial charge in [0.05, 0.1) is 0 Å². The molecule has 1 atom stereocenters. The summed E-state index contributed by atoms with van der Waals surface area (Å²) in [5, 5.41) is 0. The van der Waals surface area contributed by atoms with Crippen molar-refractivity contribution in [3.8, 4) is 0 Å². The molecule has 0 aliphatic heterocycles. The van der Waals surface area contributed by atoms with E-state index in [0.717, 1.165) is 5.92 Å². The second-order valence-electron chi connectivity index (χ2n) is 3.19. The predicted octanol–water partition coefficient (Wildman–Crippen LogP) is 3.08. The molecule has 0 bridgehead atoms. The van der Waals surface area contributed by atoms with Gasteiger partial charge in [0, 0.05) is 26.2 Å². The van der Waals surface area contributed by atoms with E-state index in [2.05, 4.69) is 37.3 Å². The average Bonchev–Trinajstić information content (AvgIpc) is 2.40. The maximum absolute atomic E-state index is 2.35. The first kappa shape index (κ1) is 11.8. The molecule has 0 spiro atoms. The van der Waals surface area contributed by atoms with Gasteiger partial charge in [0.1, 0.15) is 0 Å². The van der Waals surface area contributed by atoms with Crippen LogP contribution in [-0.2, 0) is 50.9 Å². The number of benzene rings is 1. The van der Waals surface area contributed by atoms with Crippen molar-refractivity contribution in [1.82, 2.24) is 0 Å². The molecule has 0 saturated carbocycles. The summed E-state index contributed by atoms with van der Waals surface area (Å²) in [6.45, 7) is 2.27. The van der Waals surface area contributed by atoms with Crippen LogP contribution in [0.4, 0.5) is 0 Å². The fourth-order valence-corrected chi connectivity index (χ4v) is 3.10. The Morgan fingerprint density at radius 2 is 2.00 bits per heavy atom. The molecule has 1 aliphatic rings. The molecule has 0 saturated heterocycles. The van der Waals surface area contributed by atoms with Gasteiger partial charge in [-0.25, -0.2) is 0 Å². The Balaban J connectivity index is 0.000000845. The van der Waals surface area contributed by atoms with E-state index in [1.165, 1.54) is 17.5 Å². The largest absolute Gasteiger partial charge is 0 e. The molecule has 0 fully saturated rings. The fraction of sp³-hybridized carbons (Fsp3) is 0.273. The smallest absolute Gasteiger partial charge is 0 e. The van der Waals surface area contributed by atoms with Gasteiger partial charge in [-0.1, -0.05) is 0 Å². The minimum Gasteiger partial charge on any atom is 0 e. The molecule has 1 aromatic rings. The summed E-state index contributed by atoms with van der Waals surface area (Å²) in [6.07, 6.45) is 3.59. The first-order valence-electron chi connectivity index (χ1n) is 4.35. The maximum Gasteiger partial charge on any atom is 0 e. The quantitative estimate of drug-likeness (QED) is 0.744. The van der Waals surface area contributed by atoms with Crippen LogP contribution in [0.1, 0.15) is 30.4 Å². The summed E-state index contributed by atoms with van der Waals surface area (Å²) in [6, 6.07) is 8.74. The number of hydrogen-bond donors (Lipinski definition) is 0. The van der Waals surface area contributed by atoms with Crippen LogP contribution in [0.3, 0.4) is 0 Å². The molecule has 0 radical (unpaired) electrons. The standard InChI is InChI=1S/C11H11.2Zr/c1-2-9-7-8-10-5-3-4-6-11(9)10;;/h3-6,8-9H,2H2,1H3;;. The van der Waals surface area contributed by atoms with E-state index in [0.29, 0.717) is 0 Å². The number of fused-ring (bicyclic) bond motifs is 1. The van der Waals surface area contributed by atoms with Gasteiger partial charge < -0.3 is 0 Å². The van der Waals surface area contributed by atoms with E-state index >= 15 is 0 Å². The van der Waals surface area contributed by atoms with Crippen molar-refractivity contribution in [1.29, 1.82) is 0 Å². The van der Waals surface area contributed by atoms with Crippen LogP contribution < -0.4 is 0 Å². The first-order chi connectivity index (χ1) is 5.83. The van der Waals surface area contributed by atoms with Gasteiger partial charge in [-0.2, -0.15) is 0 Å². The van der Waals surface area contributed by atoms with Crippen molar-refractivity contribution in [2.45, 2.75) is 19.3 Å². The SMILES string of the molecule is CCC1[C]([Zr])=Cc2ccccc21.[Zr]. The van der Waals surface area contributed by atoms with Crippen LogP contribution in [0, 0.1) is 0 Å². The molecule has 2 rings (SSSR count). The zero-order valence-electron chi connectivity index (χ0n) is 7.67. The molecule has 1 aliphatic carbocycles. The molecule has 0 amide bonds. The Labute approximate surface area is 114 Å². The monoisotopic (exact) mass is 323 g/mol. The number of allylic oxidation sites excluding steroid dienone is 1. The van der Waals surface area contributed by atoms with E-state index in [1.54, 1.807) is 28.0 Å². The summed E-state index contributed by atoms with van der Waals surface area (Å²) in [5.74, 6) is 0.722. The van der Waals surface area contributed by atoms with Gasteiger partial charge in [-0.15, -0.1) is 0 Å². The summed E-state index contributed by atoms with van der Waals surface area (Å²) in [5.41, 5.74) is 2.97. The summed E-state index contributed by atoms with van der Waals surface area (Å²) >= 11 is 1.57. The van der Waals surface area contributed by atoms with E-state index in [9.17, 15) is 0 Å². The molecule has 1 aromatic carbocycles. The van der Waals surface area contributed by atoms with Crippen LogP contribution in [-0.4, -0.2) is 0 Å². The third kappa shape index (κ3) is 2.21. The van der Waals surface area contributed by atoms with Gasteiger partial charge in [-0.3, -0.25) is 0 Å².